The largest absolute Gasteiger partial charge is 0.480 e. The number of nitrogens with zero attached hydrogens (tertiary/aromatic N) is 1. The number of carboxylic acids is 2. The molecule has 0 saturated heterocycles. The number of allylic oxidation sites excluding steroid dienone is 14. The van der Waals surface area contributed by atoms with Crippen LogP contribution in [0, 0.1) is 0 Å². The molecule has 0 fully saturated rings. The van der Waals surface area contributed by atoms with Gasteiger partial charge in [0, 0.05) is 20.1 Å². The van der Waals surface area contributed by atoms with Gasteiger partial charge >= 0.3 is 36.2 Å². The molecule has 3 aromatic rings. The Labute approximate surface area is 526 Å². The van der Waals surface area contributed by atoms with Crippen LogP contribution in [0.15, 0.2) is 176 Å². The van der Waals surface area contributed by atoms with Gasteiger partial charge in [-0.2, -0.15) is 14.5 Å². The Morgan fingerprint density at radius 3 is 1.22 bits per heavy atom. The molecule has 486 valence electrons. The molecule has 0 aromatic heterocycles. The van der Waals surface area contributed by atoms with Crippen LogP contribution in [0.5, 0.6) is 0 Å². The Bertz CT molecular complexity index is 2530. The van der Waals surface area contributed by atoms with Gasteiger partial charge in [0.1, 0.15) is 29.3 Å². The molecule has 17 heteroatoms. The van der Waals surface area contributed by atoms with Gasteiger partial charge in [0.05, 0.1) is 7.11 Å². The number of carbonyl (C=O) groups is 5. The second-order valence-electron chi connectivity index (χ2n) is 21.6. The summed E-state index contributed by atoms with van der Waals surface area (Å²) in [4.78, 5) is 74.2. The summed E-state index contributed by atoms with van der Waals surface area (Å²) >= 11 is 0. The van der Waals surface area contributed by atoms with E-state index in [1.54, 1.807) is 48.5 Å². The molecule has 0 unspecified atom stereocenters. The molecule has 2 amide bonds. The van der Waals surface area contributed by atoms with Gasteiger partial charge in [-0.1, -0.05) is 215 Å². The molecule has 0 saturated carbocycles. The normalized spacial score (nSPS) is 12.6. The van der Waals surface area contributed by atoms with E-state index >= 15 is 0 Å². The average molecular weight is 1240 g/mol. The molecular weight excluding hydrogens is 1130 g/mol. The number of carbonyl (C=O) groups excluding carboxylic acids is 5. The first kappa shape index (κ1) is 82.6. The van der Waals surface area contributed by atoms with Crippen molar-refractivity contribution in [2.75, 3.05) is 20.8 Å². The monoisotopic (exact) mass is 1240 g/mol. The molecule has 3 atom stereocenters. The number of imide groups is 1. The number of esters is 1. The SMILES string of the molecule is CC/C=C\C/C=C\C/C=C\CC=P(c1ccccc1)(c1ccccc1)c1ccccc1.CCCCC/C=C\C/C=C\C/C=C\C/C=C\CC[C@H](N)C(=O)O.CC[C@H](N)C(=O)O.COCC[C@@H](C(=O)OC)N(C(=O)OC(C)(C)C)C(=O)OC(C)(C)C.O=C=O. The predicted octanol–water partition coefficient (Wildman–Crippen LogP) is 14.1. The lowest BCUT2D eigenvalue weighted by Crippen LogP contribution is -2.52. The van der Waals surface area contributed by atoms with Crippen molar-refractivity contribution < 1.29 is 62.7 Å². The minimum atomic E-state index is -1.83. The molecule has 0 aliphatic rings. The Kier molecular flexibility index (Phi) is 48.4. The molecule has 0 aliphatic carbocycles. The third kappa shape index (κ3) is 40.8. The highest BCUT2D eigenvalue weighted by atomic mass is 31.2. The summed E-state index contributed by atoms with van der Waals surface area (Å²) in [5.74, 6) is -0.0517. The van der Waals surface area contributed by atoms with Gasteiger partial charge in [0.2, 0.25) is 0 Å². The van der Waals surface area contributed by atoms with Crippen LogP contribution in [0.2, 0.25) is 0 Å². The number of carboxylic acid groups (broad SMARTS) is 2. The van der Waals surface area contributed by atoms with Crippen molar-refractivity contribution in [3.8, 4) is 0 Å². The van der Waals surface area contributed by atoms with Crippen LogP contribution in [0.4, 0.5) is 9.59 Å². The average Bonchev–Trinajstić information content (AvgIpc) is 2.52. The van der Waals surface area contributed by atoms with Crippen LogP contribution < -0.4 is 27.4 Å². The van der Waals surface area contributed by atoms with Gasteiger partial charge < -0.3 is 40.6 Å². The lowest BCUT2D eigenvalue weighted by Gasteiger charge is -2.32. The third-order valence-electron chi connectivity index (χ3n) is 12.0. The summed E-state index contributed by atoms with van der Waals surface area (Å²) in [6.45, 7) is 14.4. The van der Waals surface area contributed by atoms with Crippen molar-refractivity contribution in [3.05, 3.63) is 176 Å². The van der Waals surface area contributed by atoms with Crippen molar-refractivity contribution in [1.29, 1.82) is 0 Å². The summed E-state index contributed by atoms with van der Waals surface area (Å²) in [5.41, 5.74) is 8.74. The number of aliphatic carboxylic acids is 2. The van der Waals surface area contributed by atoms with Gasteiger partial charge in [0.15, 0.2) is 0 Å². The minimum absolute atomic E-state index is 0.0572. The third-order valence-corrected chi connectivity index (χ3v) is 16.1. The van der Waals surface area contributed by atoms with E-state index in [-0.39, 0.29) is 19.2 Å². The van der Waals surface area contributed by atoms with Crippen molar-refractivity contribution in [1.82, 2.24) is 4.90 Å². The lowest BCUT2D eigenvalue weighted by atomic mass is 10.1. The highest BCUT2D eigenvalue weighted by Gasteiger charge is 2.40. The molecular formula is C71H104N3O13P. The van der Waals surface area contributed by atoms with Crippen molar-refractivity contribution in [3.63, 3.8) is 0 Å². The smallest absolute Gasteiger partial charge is 0.420 e. The van der Waals surface area contributed by atoms with E-state index < -0.39 is 66.3 Å². The topological polar surface area (TPSA) is 252 Å². The Morgan fingerprint density at radius 2 is 0.898 bits per heavy atom. The lowest BCUT2D eigenvalue weighted by molar-refractivity contribution is -0.191. The second-order valence-corrected chi connectivity index (χ2v) is 25.0. The zero-order valence-electron chi connectivity index (χ0n) is 54.3. The molecule has 16 nitrogen and oxygen atoms in total. The minimum Gasteiger partial charge on any atom is -0.480 e. The fourth-order valence-electron chi connectivity index (χ4n) is 7.58. The predicted molar refractivity (Wildman–Crippen MR) is 360 cm³/mol. The van der Waals surface area contributed by atoms with Crippen LogP contribution in [0.3, 0.4) is 0 Å². The highest BCUT2D eigenvalue weighted by Crippen LogP contribution is 2.44. The van der Waals surface area contributed by atoms with Crippen molar-refractivity contribution >= 4 is 64.8 Å². The number of unbranched alkanes of at least 4 members (excludes halogenated alkanes) is 3. The van der Waals surface area contributed by atoms with Crippen molar-refractivity contribution in [2.24, 2.45) is 11.5 Å². The number of nitrogens with two attached hydrogens (primary N) is 2. The van der Waals surface area contributed by atoms with Gasteiger partial charge in [0.25, 0.3) is 0 Å². The maximum Gasteiger partial charge on any atom is 0.420 e. The molecule has 6 N–H and O–H groups in total. The quantitative estimate of drug-likeness (QED) is 0.0154. The summed E-state index contributed by atoms with van der Waals surface area (Å²) in [6.07, 6.45) is 42.8. The van der Waals surface area contributed by atoms with Crippen LogP contribution in [-0.2, 0) is 42.9 Å². The molecule has 0 heterocycles. The fourth-order valence-corrected chi connectivity index (χ4v) is 11.5. The number of methoxy groups -OCH3 is 2. The molecule has 0 radical (unpaired) electrons. The Hall–Kier alpha value is -7.45. The second kappa shape index (κ2) is 51.6. The number of ether oxygens (including phenoxy) is 4. The zero-order chi connectivity index (χ0) is 66.5. The van der Waals surface area contributed by atoms with Gasteiger partial charge in [-0.3, -0.25) is 9.59 Å². The highest BCUT2D eigenvalue weighted by molar-refractivity contribution is 7.94. The molecule has 88 heavy (non-hydrogen) atoms. The van der Waals surface area contributed by atoms with Crippen molar-refractivity contribution in [2.45, 2.75) is 188 Å². The maximum absolute atomic E-state index is 12.5. The maximum atomic E-state index is 12.5. The number of rotatable bonds is 31. The van der Waals surface area contributed by atoms with Crippen LogP contribution in [0.25, 0.3) is 0 Å². The Morgan fingerprint density at radius 1 is 0.534 bits per heavy atom. The molecule has 0 bridgehead atoms. The first-order valence-electron chi connectivity index (χ1n) is 30.2. The van der Waals surface area contributed by atoms with Gasteiger partial charge in [-0.05, 0) is 141 Å². The number of amides is 2. The summed E-state index contributed by atoms with van der Waals surface area (Å²) in [6, 6.07) is 30.4. The van der Waals surface area contributed by atoms with E-state index in [1.807, 2.05) is 12.2 Å². The first-order valence-corrected chi connectivity index (χ1v) is 32.1. The molecule has 3 rings (SSSR count). The van der Waals surface area contributed by atoms with Crippen LogP contribution >= 0.6 is 6.89 Å². The van der Waals surface area contributed by atoms with E-state index in [0.717, 1.165) is 44.9 Å². The summed E-state index contributed by atoms with van der Waals surface area (Å²) in [5, 5.41) is 20.9. The van der Waals surface area contributed by atoms with Crippen LogP contribution in [0.1, 0.15) is 159 Å². The molecule has 0 aliphatic heterocycles. The van der Waals surface area contributed by atoms with Crippen LogP contribution in [-0.4, -0.2) is 107 Å². The standard InChI is InChI=1S/C30H33P.C20H33NO2.C16H29NO7.C4H9NO2.CO2/c1-2-3-4-5-6-7-8-9-10-20-27-31(28-21-14-11-15-22-28,29-23-16-12-17-24-29)30-25-18-13-19-26-30;1-2-3-4-5-6-7-8-9-10-11-12-13-14-15-16-17-18-19(21)20(22)23;1-15(2,3)23-13(19)17(14(20)24-16(4,5)6)11(9-10-21-7)12(18)22-8;1-2-3(5)4(6)7;2-1-3/h3-4,6-7,9-19,21-27H,2,5,8,20H2,1H3;6-7,9-10,12-13,15-16,19H,2-5,8,11,14,17-18,21H2,1H3,(H,22,23);11H,9-10H2,1-8H3;3H,2,5H2,1H3,(H,6,7);/b4-3-,7-6-,10-9-;7-6-,10-9-,13-12-,16-15-;;;/t;19-;11-;3-;/m.000./s1. The van der Waals surface area contributed by atoms with E-state index in [4.69, 9.17) is 50.2 Å². The summed E-state index contributed by atoms with van der Waals surface area (Å²) in [7, 11) is 2.62. The number of hydrogen-bond acceptors (Lipinski definition) is 13. The Balaban J connectivity index is 0. The van der Waals surface area contributed by atoms with E-state index in [2.05, 4.69) is 184 Å². The molecule has 0 spiro atoms. The molecule has 3 aromatic carbocycles. The zero-order valence-corrected chi connectivity index (χ0v) is 55.2. The first-order chi connectivity index (χ1) is 42.0. The number of hydrogen-bond donors (Lipinski definition) is 4. The van der Waals surface area contributed by atoms with E-state index in [9.17, 15) is 24.0 Å². The fraction of sp³-hybridized carbons (Fsp3) is 0.451. The summed E-state index contributed by atoms with van der Waals surface area (Å²) < 4.78 is 20.1. The number of benzene rings is 3. The van der Waals surface area contributed by atoms with E-state index in [0.29, 0.717) is 24.2 Å². The van der Waals surface area contributed by atoms with Gasteiger partial charge in [-0.25, -0.2) is 14.4 Å². The van der Waals surface area contributed by atoms with E-state index in [1.165, 1.54) is 55.8 Å². The van der Waals surface area contributed by atoms with Gasteiger partial charge in [-0.15, -0.1) is 0 Å².